The average molecular weight is 186 g/mol. The molecule has 0 radical (unpaired) electrons. The van der Waals surface area contributed by atoms with Crippen molar-refractivity contribution in [2.75, 3.05) is 13.2 Å². The van der Waals surface area contributed by atoms with Gasteiger partial charge in [0, 0.05) is 5.02 Å². The molecule has 0 spiro atoms. The number of ether oxygens (including phenoxy) is 1. The quantitative estimate of drug-likeness (QED) is 0.729. The molecular formula is C9H12ClNO. The Bertz CT molecular complexity index is 240. The largest absolute Gasteiger partial charge is 0.493 e. The molecule has 0 aromatic heterocycles. The van der Waals surface area contributed by atoms with Gasteiger partial charge >= 0.3 is 0 Å². The Hall–Kier alpha value is -0.730. The number of rotatable bonds is 4. The number of hydrogen-bond acceptors (Lipinski definition) is 2. The average Bonchev–Trinajstić information content (AvgIpc) is 2.05. The van der Waals surface area contributed by atoms with Crippen molar-refractivity contribution >= 4 is 11.6 Å². The smallest absolute Gasteiger partial charge is 0.120 e. The molecule has 2 N–H and O–H groups in total. The SMILES string of the molecule is NCCCOc1cccc(Cl)c1. The second-order valence-electron chi connectivity index (χ2n) is 2.45. The van der Waals surface area contributed by atoms with E-state index in [9.17, 15) is 0 Å². The van der Waals surface area contributed by atoms with Crippen molar-refractivity contribution in [3.63, 3.8) is 0 Å². The zero-order valence-corrected chi connectivity index (χ0v) is 7.55. The first-order valence-electron chi connectivity index (χ1n) is 3.91. The van der Waals surface area contributed by atoms with Crippen LogP contribution in [0.3, 0.4) is 0 Å². The molecule has 0 aliphatic carbocycles. The highest BCUT2D eigenvalue weighted by Gasteiger charge is 1.93. The third-order valence-corrected chi connectivity index (χ3v) is 1.65. The molecule has 0 fully saturated rings. The molecule has 12 heavy (non-hydrogen) atoms. The Morgan fingerprint density at radius 2 is 2.25 bits per heavy atom. The van der Waals surface area contributed by atoms with Crippen LogP contribution in [0.15, 0.2) is 24.3 Å². The van der Waals surface area contributed by atoms with Crippen LogP contribution in [-0.4, -0.2) is 13.2 Å². The normalized spacial score (nSPS) is 9.83. The Kier molecular flexibility index (Phi) is 3.91. The van der Waals surface area contributed by atoms with Crippen LogP contribution < -0.4 is 10.5 Å². The molecule has 0 atom stereocenters. The van der Waals surface area contributed by atoms with Crippen LogP contribution in [0.5, 0.6) is 5.75 Å². The Morgan fingerprint density at radius 1 is 1.42 bits per heavy atom. The predicted molar refractivity (Wildman–Crippen MR) is 50.6 cm³/mol. The van der Waals surface area contributed by atoms with Crippen LogP contribution in [0.2, 0.25) is 5.02 Å². The zero-order chi connectivity index (χ0) is 8.81. The summed E-state index contributed by atoms with van der Waals surface area (Å²) < 4.78 is 5.36. The van der Waals surface area contributed by atoms with Gasteiger partial charge in [-0.15, -0.1) is 0 Å². The molecular weight excluding hydrogens is 174 g/mol. The van der Waals surface area contributed by atoms with E-state index in [0.717, 1.165) is 12.2 Å². The van der Waals surface area contributed by atoms with Crippen LogP contribution >= 0.6 is 11.6 Å². The third-order valence-electron chi connectivity index (χ3n) is 1.41. The predicted octanol–water partition coefficient (Wildman–Crippen LogP) is 2.07. The molecule has 0 unspecified atom stereocenters. The van der Waals surface area contributed by atoms with Gasteiger partial charge in [0.1, 0.15) is 5.75 Å². The maximum atomic E-state index is 5.75. The van der Waals surface area contributed by atoms with E-state index in [1.54, 1.807) is 6.07 Å². The van der Waals surface area contributed by atoms with E-state index >= 15 is 0 Å². The van der Waals surface area contributed by atoms with E-state index in [0.29, 0.717) is 18.2 Å². The van der Waals surface area contributed by atoms with Gasteiger partial charge in [-0.05, 0) is 31.2 Å². The van der Waals surface area contributed by atoms with E-state index in [2.05, 4.69) is 0 Å². The molecule has 1 aromatic carbocycles. The molecule has 1 aromatic rings. The first kappa shape index (κ1) is 9.36. The fourth-order valence-electron chi connectivity index (χ4n) is 0.830. The van der Waals surface area contributed by atoms with E-state index in [1.807, 2.05) is 18.2 Å². The van der Waals surface area contributed by atoms with Crippen molar-refractivity contribution in [3.05, 3.63) is 29.3 Å². The van der Waals surface area contributed by atoms with E-state index in [-0.39, 0.29) is 0 Å². The van der Waals surface area contributed by atoms with Crippen molar-refractivity contribution in [2.24, 2.45) is 5.73 Å². The Balaban J connectivity index is 2.41. The summed E-state index contributed by atoms with van der Waals surface area (Å²) in [5.41, 5.74) is 5.32. The molecule has 0 aliphatic rings. The zero-order valence-electron chi connectivity index (χ0n) is 6.79. The third kappa shape index (κ3) is 3.11. The van der Waals surface area contributed by atoms with E-state index in [4.69, 9.17) is 22.1 Å². The highest BCUT2D eigenvalue weighted by Crippen LogP contribution is 2.16. The van der Waals surface area contributed by atoms with Crippen molar-refractivity contribution < 1.29 is 4.74 Å². The standard InChI is InChI=1S/C9H12ClNO/c10-8-3-1-4-9(7-8)12-6-2-5-11/h1,3-4,7H,2,5-6,11H2. The fourth-order valence-corrected chi connectivity index (χ4v) is 1.01. The minimum atomic E-state index is 0.650. The number of hydrogen-bond donors (Lipinski definition) is 1. The van der Waals surface area contributed by atoms with Crippen LogP contribution in [0, 0.1) is 0 Å². The minimum Gasteiger partial charge on any atom is -0.493 e. The Morgan fingerprint density at radius 3 is 2.92 bits per heavy atom. The summed E-state index contributed by atoms with van der Waals surface area (Å²) in [4.78, 5) is 0. The molecule has 0 saturated carbocycles. The lowest BCUT2D eigenvalue weighted by molar-refractivity contribution is 0.313. The number of benzene rings is 1. The van der Waals surface area contributed by atoms with Gasteiger partial charge in [-0.25, -0.2) is 0 Å². The molecule has 0 saturated heterocycles. The molecule has 1 rings (SSSR count). The summed E-state index contributed by atoms with van der Waals surface area (Å²) in [6.07, 6.45) is 0.868. The van der Waals surface area contributed by atoms with Crippen LogP contribution in [-0.2, 0) is 0 Å². The lowest BCUT2D eigenvalue weighted by Crippen LogP contribution is -2.05. The first-order chi connectivity index (χ1) is 5.83. The number of nitrogens with two attached hydrogens (primary N) is 1. The van der Waals surface area contributed by atoms with Gasteiger partial charge in [-0.3, -0.25) is 0 Å². The van der Waals surface area contributed by atoms with Gasteiger partial charge in [-0.2, -0.15) is 0 Å². The van der Waals surface area contributed by atoms with Crippen molar-refractivity contribution in [1.82, 2.24) is 0 Å². The summed E-state index contributed by atoms with van der Waals surface area (Å²) >= 11 is 5.75. The van der Waals surface area contributed by atoms with Crippen LogP contribution in [0.4, 0.5) is 0 Å². The maximum Gasteiger partial charge on any atom is 0.120 e. The molecule has 3 heteroatoms. The molecule has 2 nitrogen and oxygen atoms in total. The van der Waals surface area contributed by atoms with Crippen molar-refractivity contribution in [1.29, 1.82) is 0 Å². The highest BCUT2D eigenvalue weighted by molar-refractivity contribution is 6.30. The minimum absolute atomic E-state index is 0.650. The van der Waals surface area contributed by atoms with Gasteiger partial charge in [0.2, 0.25) is 0 Å². The summed E-state index contributed by atoms with van der Waals surface area (Å²) in [6, 6.07) is 7.35. The topological polar surface area (TPSA) is 35.2 Å². The van der Waals surface area contributed by atoms with Gasteiger partial charge in [0.25, 0.3) is 0 Å². The van der Waals surface area contributed by atoms with Crippen LogP contribution in [0.1, 0.15) is 6.42 Å². The van der Waals surface area contributed by atoms with E-state index in [1.165, 1.54) is 0 Å². The summed E-state index contributed by atoms with van der Waals surface area (Å²) in [6.45, 7) is 1.30. The molecule has 0 bridgehead atoms. The second kappa shape index (κ2) is 5.01. The highest BCUT2D eigenvalue weighted by atomic mass is 35.5. The lowest BCUT2D eigenvalue weighted by Gasteiger charge is -2.04. The summed E-state index contributed by atoms with van der Waals surface area (Å²) in [7, 11) is 0. The van der Waals surface area contributed by atoms with Crippen molar-refractivity contribution in [3.8, 4) is 5.75 Å². The molecule has 66 valence electrons. The summed E-state index contributed by atoms with van der Waals surface area (Å²) in [5.74, 6) is 0.802. The number of halogens is 1. The molecule has 0 amide bonds. The van der Waals surface area contributed by atoms with Gasteiger partial charge in [0.05, 0.1) is 6.61 Å². The molecule has 0 heterocycles. The fraction of sp³-hybridized carbons (Fsp3) is 0.333. The maximum absolute atomic E-state index is 5.75. The monoisotopic (exact) mass is 185 g/mol. The van der Waals surface area contributed by atoms with Crippen LogP contribution in [0.25, 0.3) is 0 Å². The van der Waals surface area contributed by atoms with Gasteiger partial charge < -0.3 is 10.5 Å². The first-order valence-corrected chi connectivity index (χ1v) is 4.29. The Labute approximate surface area is 77.3 Å². The van der Waals surface area contributed by atoms with Crippen molar-refractivity contribution in [2.45, 2.75) is 6.42 Å². The van der Waals surface area contributed by atoms with E-state index < -0.39 is 0 Å². The van der Waals surface area contributed by atoms with Gasteiger partial charge in [0.15, 0.2) is 0 Å². The lowest BCUT2D eigenvalue weighted by atomic mass is 10.3. The second-order valence-corrected chi connectivity index (χ2v) is 2.88. The molecule has 0 aliphatic heterocycles. The van der Waals surface area contributed by atoms with Gasteiger partial charge in [-0.1, -0.05) is 17.7 Å². The summed E-state index contributed by atoms with van der Waals surface area (Å²) in [5, 5.41) is 0.695.